The largest absolute Gasteiger partial charge is 0.497 e. The Balaban J connectivity index is 1.51. The molecule has 1 aromatic carbocycles. The average Bonchev–Trinajstić information content (AvgIpc) is 3.20. The lowest BCUT2D eigenvalue weighted by Crippen LogP contribution is -2.31. The zero-order valence-corrected chi connectivity index (χ0v) is 18.9. The van der Waals surface area contributed by atoms with E-state index in [1.165, 1.54) is 11.3 Å². The molecule has 3 amide bonds. The van der Waals surface area contributed by atoms with Crippen molar-refractivity contribution in [2.75, 3.05) is 36.2 Å². The maximum Gasteiger partial charge on any atom is 0.320 e. The van der Waals surface area contributed by atoms with Gasteiger partial charge in [0.2, 0.25) is 5.28 Å². The number of aromatic nitrogens is 3. The number of rotatable bonds is 5. The number of thiazole rings is 1. The van der Waals surface area contributed by atoms with Crippen LogP contribution in [0.25, 0.3) is 0 Å². The second-order valence-corrected chi connectivity index (χ2v) is 8.25. The summed E-state index contributed by atoms with van der Waals surface area (Å²) in [6.45, 7) is 1.17. The third kappa shape index (κ3) is 4.89. The number of anilines is 3. The highest BCUT2D eigenvalue weighted by Crippen LogP contribution is 2.31. The maximum absolute atomic E-state index is 12.8. The minimum atomic E-state index is -0.406. The summed E-state index contributed by atoms with van der Waals surface area (Å²) in [6, 6.07) is 8.32. The number of halogens is 1. The van der Waals surface area contributed by atoms with Gasteiger partial charge in [0.05, 0.1) is 19.3 Å². The Kier molecular flexibility index (Phi) is 6.37. The van der Waals surface area contributed by atoms with Crippen LogP contribution in [0, 0.1) is 0 Å². The molecule has 0 atom stereocenters. The molecule has 0 aliphatic carbocycles. The second-order valence-electron chi connectivity index (χ2n) is 6.83. The first-order chi connectivity index (χ1) is 15.4. The van der Waals surface area contributed by atoms with E-state index in [9.17, 15) is 9.59 Å². The van der Waals surface area contributed by atoms with Crippen LogP contribution < -0.4 is 25.6 Å². The fourth-order valence-corrected chi connectivity index (χ4v) is 4.38. The maximum atomic E-state index is 12.8. The van der Waals surface area contributed by atoms with Crippen LogP contribution >= 0.6 is 22.9 Å². The number of hydrogen-bond donors (Lipinski definition) is 3. The highest BCUT2D eigenvalue weighted by atomic mass is 35.5. The van der Waals surface area contributed by atoms with Gasteiger partial charge in [-0.15, -0.1) is 0 Å². The third-order valence-corrected chi connectivity index (χ3v) is 5.92. The Morgan fingerprint density at radius 2 is 2.03 bits per heavy atom. The van der Waals surface area contributed by atoms with Gasteiger partial charge in [0.15, 0.2) is 5.13 Å². The summed E-state index contributed by atoms with van der Waals surface area (Å²) in [5.74, 6) is 0.764. The van der Waals surface area contributed by atoms with Crippen LogP contribution in [-0.4, -0.2) is 47.6 Å². The zero-order valence-electron chi connectivity index (χ0n) is 17.3. The Labute approximate surface area is 193 Å². The van der Waals surface area contributed by atoms with E-state index in [1.54, 1.807) is 44.5 Å². The van der Waals surface area contributed by atoms with E-state index in [2.05, 4.69) is 30.9 Å². The van der Waals surface area contributed by atoms with E-state index in [0.29, 0.717) is 41.9 Å². The Hall–Kier alpha value is -3.44. The highest BCUT2D eigenvalue weighted by molar-refractivity contribution is 7.15. The molecule has 0 saturated heterocycles. The van der Waals surface area contributed by atoms with Crippen molar-refractivity contribution in [3.05, 3.63) is 51.9 Å². The van der Waals surface area contributed by atoms with Crippen molar-refractivity contribution in [3.63, 3.8) is 0 Å². The number of carbonyl (C=O) groups excluding carboxylic acids is 2. The van der Waals surface area contributed by atoms with Crippen LogP contribution in [-0.2, 0) is 13.0 Å². The number of carbonyl (C=O) groups is 2. The number of hydrogen-bond acceptors (Lipinski definition) is 8. The van der Waals surface area contributed by atoms with Gasteiger partial charge < -0.3 is 20.3 Å². The first-order valence-electron chi connectivity index (χ1n) is 9.67. The highest BCUT2D eigenvalue weighted by Gasteiger charge is 2.24. The molecule has 3 aromatic rings. The number of benzene rings is 1. The van der Waals surface area contributed by atoms with E-state index in [-0.39, 0.29) is 17.0 Å². The van der Waals surface area contributed by atoms with Crippen LogP contribution in [0.2, 0.25) is 5.28 Å². The van der Waals surface area contributed by atoms with Crippen molar-refractivity contribution in [1.82, 2.24) is 20.3 Å². The lowest BCUT2D eigenvalue weighted by molar-refractivity contribution is 0.102. The first-order valence-corrected chi connectivity index (χ1v) is 10.9. The molecule has 2 aromatic heterocycles. The molecule has 166 valence electrons. The standard InChI is InChI=1S/C20H20ClN7O3S/c1-22-19(30)27-20-25-13-6-7-28(10-15(13)32-20)16-9-14(24-18(21)26-16)17(29)23-11-4-3-5-12(8-11)31-2/h3-5,8-9H,6-7,10H2,1-2H3,(H,23,29)(H2,22,25,27,30). The summed E-state index contributed by atoms with van der Waals surface area (Å²) in [5.41, 5.74) is 1.67. The van der Waals surface area contributed by atoms with E-state index >= 15 is 0 Å². The van der Waals surface area contributed by atoms with Gasteiger partial charge in [0, 0.05) is 42.7 Å². The van der Waals surface area contributed by atoms with Crippen LogP contribution in [0.15, 0.2) is 30.3 Å². The molecule has 0 saturated carbocycles. The van der Waals surface area contributed by atoms with Gasteiger partial charge in [-0.25, -0.2) is 19.7 Å². The Morgan fingerprint density at radius 3 is 2.81 bits per heavy atom. The number of urea groups is 1. The summed E-state index contributed by atoms with van der Waals surface area (Å²) >= 11 is 7.53. The van der Waals surface area contributed by atoms with Crippen molar-refractivity contribution < 1.29 is 14.3 Å². The van der Waals surface area contributed by atoms with Crippen LogP contribution in [0.1, 0.15) is 21.1 Å². The SMILES string of the molecule is CNC(=O)Nc1nc2c(s1)CN(c1cc(C(=O)Nc3cccc(OC)c3)nc(Cl)n1)CC2. The van der Waals surface area contributed by atoms with E-state index < -0.39 is 5.91 Å². The molecule has 0 bridgehead atoms. The summed E-state index contributed by atoms with van der Waals surface area (Å²) in [4.78, 5) is 40.2. The van der Waals surface area contributed by atoms with Gasteiger partial charge >= 0.3 is 6.03 Å². The molecule has 32 heavy (non-hydrogen) atoms. The number of ether oxygens (including phenoxy) is 1. The van der Waals surface area contributed by atoms with Crippen molar-refractivity contribution in [1.29, 1.82) is 0 Å². The number of methoxy groups -OCH3 is 1. The lowest BCUT2D eigenvalue weighted by atomic mass is 10.2. The monoisotopic (exact) mass is 473 g/mol. The summed E-state index contributed by atoms with van der Waals surface area (Å²) < 4.78 is 5.18. The van der Waals surface area contributed by atoms with E-state index in [4.69, 9.17) is 16.3 Å². The lowest BCUT2D eigenvalue weighted by Gasteiger charge is -2.27. The van der Waals surface area contributed by atoms with Crippen molar-refractivity contribution in [2.45, 2.75) is 13.0 Å². The van der Waals surface area contributed by atoms with Crippen LogP contribution in [0.3, 0.4) is 0 Å². The molecule has 0 unspecified atom stereocenters. The normalized spacial score (nSPS) is 12.7. The molecule has 4 rings (SSSR count). The molecule has 10 nitrogen and oxygen atoms in total. The summed E-state index contributed by atoms with van der Waals surface area (Å²) in [5, 5.41) is 8.51. The van der Waals surface area contributed by atoms with Crippen LogP contribution in [0.4, 0.5) is 21.4 Å². The molecule has 1 aliphatic heterocycles. The van der Waals surface area contributed by atoms with Gasteiger partial charge in [-0.1, -0.05) is 17.4 Å². The number of amides is 3. The molecular formula is C20H20ClN7O3S. The fraction of sp³-hybridized carbons (Fsp3) is 0.250. The number of nitrogens with zero attached hydrogens (tertiary/aromatic N) is 4. The summed E-state index contributed by atoms with van der Waals surface area (Å²) in [6.07, 6.45) is 0.675. The molecule has 1 aliphatic rings. The van der Waals surface area contributed by atoms with Gasteiger partial charge in [-0.3, -0.25) is 10.1 Å². The second kappa shape index (κ2) is 9.37. The quantitative estimate of drug-likeness (QED) is 0.486. The van der Waals surface area contributed by atoms with Crippen molar-refractivity contribution >= 4 is 51.5 Å². The van der Waals surface area contributed by atoms with Gasteiger partial charge in [-0.05, 0) is 23.7 Å². The zero-order chi connectivity index (χ0) is 22.7. The molecule has 0 fully saturated rings. The van der Waals surface area contributed by atoms with Crippen molar-refractivity contribution in [2.24, 2.45) is 0 Å². The minimum Gasteiger partial charge on any atom is -0.497 e. The predicted molar refractivity (Wildman–Crippen MR) is 123 cm³/mol. The number of fused-ring (bicyclic) bond motifs is 1. The summed E-state index contributed by atoms with van der Waals surface area (Å²) in [7, 11) is 3.10. The predicted octanol–water partition coefficient (Wildman–Crippen LogP) is 3.16. The van der Waals surface area contributed by atoms with E-state index in [1.807, 2.05) is 4.90 Å². The van der Waals surface area contributed by atoms with Gasteiger partial charge in [-0.2, -0.15) is 0 Å². The van der Waals surface area contributed by atoms with Gasteiger partial charge in [0.25, 0.3) is 5.91 Å². The van der Waals surface area contributed by atoms with Crippen LogP contribution in [0.5, 0.6) is 5.75 Å². The van der Waals surface area contributed by atoms with E-state index in [0.717, 1.165) is 10.6 Å². The smallest absolute Gasteiger partial charge is 0.320 e. The van der Waals surface area contributed by atoms with Crippen molar-refractivity contribution in [3.8, 4) is 5.75 Å². The third-order valence-electron chi connectivity index (χ3n) is 4.75. The molecule has 3 N–H and O–H groups in total. The first kappa shape index (κ1) is 21.8. The Bertz CT molecular complexity index is 1170. The minimum absolute atomic E-state index is 0.0182. The molecule has 0 radical (unpaired) electrons. The average molecular weight is 474 g/mol. The fourth-order valence-electron chi connectivity index (χ4n) is 3.18. The Morgan fingerprint density at radius 1 is 1.19 bits per heavy atom. The van der Waals surface area contributed by atoms with Gasteiger partial charge in [0.1, 0.15) is 17.3 Å². The topological polar surface area (TPSA) is 121 Å². The molecule has 3 heterocycles. The molecule has 12 heteroatoms. The number of nitrogens with one attached hydrogen (secondary N) is 3. The molecular weight excluding hydrogens is 454 g/mol. The molecule has 0 spiro atoms.